The van der Waals surface area contributed by atoms with E-state index in [0.29, 0.717) is 25.7 Å². The van der Waals surface area contributed by atoms with Gasteiger partial charge in [-0.15, -0.1) is 0 Å². The lowest BCUT2D eigenvalue weighted by Gasteiger charge is -2.36. The summed E-state index contributed by atoms with van der Waals surface area (Å²) in [5.41, 5.74) is 2.05. The summed E-state index contributed by atoms with van der Waals surface area (Å²) < 4.78 is 5.92. The number of hydrogen-bond donors (Lipinski definition) is 0. The molecule has 0 spiro atoms. The van der Waals surface area contributed by atoms with Gasteiger partial charge < -0.3 is 19.4 Å². The number of piperazine rings is 2. The van der Waals surface area contributed by atoms with Crippen molar-refractivity contribution >= 4 is 17.6 Å². The minimum atomic E-state index is -0.0256. The molecule has 0 bridgehead atoms. The number of carbonyl (C=O) groups is 2. The standard InChI is InChI=1S/C22H34N6O3/c1-5-19-17(3)23-22(31-16-15-25-7-9-26(10-8-25)18(4)29)24-21(19)28-13-11-27(12-14-28)20(30)6-2/h6H,2,5,7-16H2,1,3-4H3. The third-order valence-corrected chi connectivity index (χ3v) is 6.05. The maximum Gasteiger partial charge on any atom is 0.318 e. The third kappa shape index (κ3) is 5.72. The van der Waals surface area contributed by atoms with E-state index in [9.17, 15) is 9.59 Å². The molecular formula is C22H34N6O3. The minimum absolute atomic E-state index is 0.0256. The van der Waals surface area contributed by atoms with E-state index in [1.54, 1.807) is 6.92 Å². The van der Waals surface area contributed by atoms with Gasteiger partial charge in [-0.3, -0.25) is 14.5 Å². The summed E-state index contributed by atoms with van der Waals surface area (Å²) in [7, 11) is 0. The number of amides is 2. The molecule has 0 aliphatic carbocycles. The summed E-state index contributed by atoms with van der Waals surface area (Å²) >= 11 is 0. The maximum absolute atomic E-state index is 11.9. The van der Waals surface area contributed by atoms with E-state index in [4.69, 9.17) is 9.72 Å². The van der Waals surface area contributed by atoms with E-state index in [2.05, 4.69) is 28.3 Å². The summed E-state index contributed by atoms with van der Waals surface area (Å²) in [6.45, 7) is 16.6. The zero-order valence-electron chi connectivity index (χ0n) is 19.0. The second-order valence-electron chi connectivity index (χ2n) is 7.96. The van der Waals surface area contributed by atoms with Crippen LogP contribution in [0.1, 0.15) is 25.1 Å². The Kier molecular flexibility index (Phi) is 7.84. The second kappa shape index (κ2) is 10.6. The highest BCUT2D eigenvalue weighted by Crippen LogP contribution is 2.25. The number of rotatable bonds is 7. The summed E-state index contributed by atoms with van der Waals surface area (Å²) in [4.78, 5) is 40.8. The average Bonchev–Trinajstić information content (AvgIpc) is 2.78. The molecule has 1 aromatic rings. The largest absolute Gasteiger partial charge is 0.462 e. The highest BCUT2D eigenvalue weighted by atomic mass is 16.5. The van der Waals surface area contributed by atoms with Crippen molar-refractivity contribution in [2.45, 2.75) is 27.2 Å². The van der Waals surface area contributed by atoms with Crippen molar-refractivity contribution in [3.8, 4) is 6.01 Å². The van der Waals surface area contributed by atoms with Gasteiger partial charge in [0.25, 0.3) is 0 Å². The van der Waals surface area contributed by atoms with Crippen molar-refractivity contribution in [2.75, 3.05) is 70.4 Å². The quantitative estimate of drug-likeness (QED) is 0.590. The molecule has 1 aromatic heterocycles. The summed E-state index contributed by atoms with van der Waals surface area (Å²) in [5, 5.41) is 0. The molecule has 0 atom stereocenters. The molecule has 0 unspecified atom stereocenters. The molecule has 9 nitrogen and oxygen atoms in total. The molecule has 2 saturated heterocycles. The Bertz CT molecular complexity index is 799. The lowest BCUT2D eigenvalue weighted by molar-refractivity contribution is -0.130. The van der Waals surface area contributed by atoms with E-state index in [1.807, 2.05) is 16.7 Å². The number of ether oxygens (including phenoxy) is 1. The van der Waals surface area contributed by atoms with Crippen LogP contribution in [0.4, 0.5) is 5.82 Å². The average molecular weight is 431 g/mol. The van der Waals surface area contributed by atoms with Crippen molar-refractivity contribution in [1.29, 1.82) is 0 Å². The Morgan fingerprint density at radius 1 is 1.03 bits per heavy atom. The van der Waals surface area contributed by atoms with E-state index < -0.39 is 0 Å². The Labute approximate surface area is 184 Å². The van der Waals surface area contributed by atoms with Crippen LogP contribution >= 0.6 is 0 Å². The van der Waals surface area contributed by atoms with Gasteiger partial charge in [0.05, 0.1) is 0 Å². The smallest absolute Gasteiger partial charge is 0.318 e. The van der Waals surface area contributed by atoms with Gasteiger partial charge in [0.2, 0.25) is 11.8 Å². The molecule has 0 N–H and O–H groups in total. The number of anilines is 1. The third-order valence-electron chi connectivity index (χ3n) is 6.05. The SMILES string of the molecule is C=CC(=O)N1CCN(c2nc(OCCN3CCN(C(C)=O)CC3)nc(C)c2CC)CC1. The van der Waals surface area contributed by atoms with Crippen LogP contribution in [0.2, 0.25) is 0 Å². The molecule has 9 heteroatoms. The van der Waals surface area contributed by atoms with E-state index in [1.165, 1.54) is 6.08 Å². The van der Waals surface area contributed by atoms with Crippen molar-refractivity contribution in [1.82, 2.24) is 24.7 Å². The molecule has 3 heterocycles. The zero-order chi connectivity index (χ0) is 22.4. The van der Waals surface area contributed by atoms with Crippen LogP contribution in [0, 0.1) is 6.92 Å². The first kappa shape index (κ1) is 23.0. The minimum Gasteiger partial charge on any atom is -0.462 e. The van der Waals surface area contributed by atoms with E-state index in [-0.39, 0.29) is 11.8 Å². The molecule has 0 saturated carbocycles. The first-order valence-corrected chi connectivity index (χ1v) is 11.1. The first-order chi connectivity index (χ1) is 14.9. The van der Waals surface area contributed by atoms with Crippen molar-refractivity contribution in [3.05, 3.63) is 23.9 Å². The topological polar surface area (TPSA) is 82.1 Å². The van der Waals surface area contributed by atoms with Crippen LogP contribution in [0.3, 0.4) is 0 Å². The van der Waals surface area contributed by atoms with Gasteiger partial charge in [0.1, 0.15) is 12.4 Å². The summed E-state index contributed by atoms with van der Waals surface area (Å²) in [6.07, 6.45) is 2.21. The van der Waals surface area contributed by atoms with Crippen LogP contribution in [-0.2, 0) is 16.0 Å². The second-order valence-corrected chi connectivity index (χ2v) is 7.96. The summed E-state index contributed by atoms with van der Waals surface area (Å²) in [5.74, 6) is 1.02. The molecule has 170 valence electrons. The van der Waals surface area contributed by atoms with Crippen LogP contribution in [0.25, 0.3) is 0 Å². The fourth-order valence-corrected chi connectivity index (χ4v) is 4.12. The van der Waals surface area contributed by atoms with Crippen molar-refractivity contribution in [3.63, 3.8) is 0 Å². The van der Waals surface area contributed by atoms with Gasteiger partial charge in [0.15, 0.2) is 0 Å². The van der Waals surface area contributed by atoms with Gasteiger partial charge in [0, 0.05) is 77.1 Å². The molecule has 0 radical (unpaired) electrons. The van der Waals surface area contributed by atoms with Crippen LogP contribution in [0.5, 0.6) is 6.01 Å². The molecule has 2 aliphatic heterocycles. The van der Waals surface area contributed by atoms with Gasteiger partial charge in [-0.2, -0.15) is 4.98 Å². The Morgan fingerprint density at radius 3 is 2.26 bits per heavy atom. The Hall–Kier alpha value is -2.68. The number of aryl methyl sites for hydroxylation is 1. The van der Waals surface area contributed by atoms with Crippen LogP contribution < -0.4 is 9.64 Å². The summed E-state index contributed by atoms with van der Waals surface area (Å²) in [6, 6.07) is 0.400. The molecule has 0 aromatic carbocycles. The number of nitrogens with zero attached hydrogens (tertiary/aromatic N) is 6. The molecule has 3 rings (SSSR count). The molecule has 2 aliphatic rings. The van der Waals surface area contributed by atoms with Gasteiger partial charge in [-0.1, -0.05) is 13.5 Å². The fourth-order valence-electron chi connectivity index (χ4n) is 4.12. The lowest BCUT2D eigenvalue weighted by Crippen LogP contribution is -2.49. The van der Waals surface area contributed by atoms with Crippen molar-refractivity contribution < 1.29 is 14.3 Å². The normalized spacial score (nSPS) is 17.6. The van der Waals surface area contributed by atoms with Gasteiger partial charge in [-0.05, 0) is 19.4 Å². The lowest BCUT2D eigenvalue weighted by atomic mass is 10.1. The number of carbonyl (C=O) groups excluding carboxylic acids is 2. The highest BCUT2D eigenvalue weighted by molar-refractivity contribution is 5.87. The predicted molar refractivity (Wildman–Crippen MR) is 119 cm³/mol. The molecule has 2 fully saturated rings. The van der Waals surface area contributed by atoms with E-state index in [0.717, 1.165) is 69.3 Å². The highest BCUT2D eigenvalue weighted by Gasteiger charge is 2.24. The predicted octanol–water partition coefficient (Wildman–Crippen LogP) is 0.725. The van der Waals surface area contributed by atoms with Crippen molar-refractivity contribution in [2.24, 2.45) is 0 Å². The van der Waals surface area contributed by atoms with Gasteiger partial charge in [-0.25, -0.2) is 4.98 Å². The van der Waals surface area contributed by atoms with E-state index >= 15 is 0 Å². The number of hydrogen-bond acceptors (Lipinski definition) is 7. The van der Waals surface area contributed by atoms with Crippen LogP contribution in [-0.4, -0.2) is 102 Å². The maximum atomic E-state index is 11.9. The molecule has 31 heavy (non-hydrogen) atoms. The Balaban J connectivity index is 1.58. The van der Waals surface area contributed by atoms with Crippen LogP contribution in [0.15, 0.2) is 12.7 Å². The van der Waals surface area contributed by atoms with Gasteiger partial charge >= 0.3 is 6.01 Å². The first-order valence-electron chi connectivity index (χ1n) is 11.1. The molecular weight excluding hydrogens is 396 g/mol. The molecule has 2 amide bonds. The monoisotopic (exact) mass is 430 g/mol. The Morgan fingerprint density at radius 2 is 1.68 bits per heavy atom. The fraction of sp³-hybridized carbons (Fsp3) is 0.636. The zero-order valence-corrected chi connectivity index (χ0v) is 19.0. The number of aromatic nitrogens is 2.